The lowest BCUT2D eigenvalue weighted by Gasteiger charge is -2.11. The molecule has 0 saturated carbocycles. The Morgan fingerprint density at radius 3 is 2.38 bits per heavy atom. The van der Waals surface area contributed by atoms with E-state index in [4.69, 9.17) is 9.47 Å². The third-order valence-corrected chi connectivity index (χ3v) is 4.43. The Hall–Kier alpha value is -3.00. The number of anilines is 2. The number of amides is 1. The van der Waals surface area contributed by atoms with Crippen LogP contribution in [0.1, 0.15) is 25.3 Å². The van der Waals surface area contributed by atoms with Crippen molar-refractivity contribution in [1.29, 1.82) is 0 Å². The van der Waals surface area contributed by atoms with E-state index in [1.807, 2.05) is 12.1 Å². The van der Waals surface area contributed by atoms with Gasteiger partial charge in [0.15, 0.2) is 11.5 Å². The zero-order valence-electron chi connectivity index (χ0n) is 16.8. The van der Waals surface area contributed by atoms with Gasteiger partial charge < -0.3 is 14.8 Å². The van der Waals surface area contributed by atoms with Gasteiger partial charge in [-0.25, -0.2) is 8.42 Å². The Balaban J connectivity index is 1.97. The van der Waals surface area contributed by atoms with Crippen LogP contribution in [0.25, 0.3) is 6.08 Å². The number of hydrogen-bond donors (Lipinski definition) is 2. The maximum Gasteiger partial charge on any atom is 0.248 e. The number of methoxy groups -OCH3 is 1. The van der Waals surface area contributed by atoms with Gasteiger partial charge in [0.25, 0.3) is 0 Å². The average Bonchev–Trinajstić information content (AvgIpc) is 2.67. The molecule has 0 spiro atoms. The lowest BCUT2D eigenvalue weighted by Crippen LogP contribution is -2.10. The maximum absolute atomic E-state index is 12.1. The number of carbonyl (C=O) groups excluding carboxylic acids is 1. The Labute approximate surface area is 171 Å². The normalized spacial score (nSPS) is 11.3. The Kier molecular flexibility index (Phi) is 8.09. The highest BCUT2D eigenvalue weighted by molar-refractivity contribution is 7.92. The van der Waals surface area contributed by atoms with Crippen molar-refractivity contribution in [2.45, 2.75) is 19.8 Å². The summed E-state index contributed by atoms with van der Waals surface area (Å²) in [5.41, 5.74) is 1.78. The molecule has 0 aromatic heterocycles. The van der Waals surface area contributed by atoms with Crippen LogP contribution in [0.15, 0.2) is 48.5 Å². The van der Waals surface area contributed by atoms with E-state index in [0.29, 0.717) is 29.5 Å². The number of carbonyl (C=O) groups is 1. The van der Waals surface area contributed by atoms with Crippen molar-refractivity contribution >= 4 is 33.4 Å². The SMILES string of the molecule is CCCCOc1ccc(C=CC(=O)Nc2ccc(NS(C)(=O)=O)cc2)cc1OC. The average molecular weight is 419 g/mol. The maximum atomic E-state index is 12.1. The number of hydrogen-bond acceptors (Lipinski definition) is 5. The number of ether oxygens (including phenoxy) is 2. The molecule has 0 heterocycles. The Morgan fingerprint density at radius 2 is 1.76 bits per heavy atom. The van der Waals surface area contributed by atoms with E-state index in [-0.39, 0.29) is 5.91 Å². The highest BCUT2D eigenvalue weighted by Crippen LogP contribution is 2.28. The molecule has 1 amide bonds. The van der Waals surface area contributed by atoms with Gasteiger partial charge in [-0.15, -0.1) is 0 Å². The lowest BCUT2D eigenvalue weighted by atomic mass is 10.2. The molecular weight excluding hydrogens is 392 g/mol. The first kappa shape index (κ1) is 22.3. The fraction of sp³-hybridized carbons (Fsp3) is 0.286. The summed E-state index contributed by atoms with van der Waals surface area (Å²) >= 11 is 0. The number of sulfonamides is 1. The summed E-state index contributed by atoms with van der Waals surface area (Å²) in [5.74, 6) is 0.971. The Morgan fingerprint density at radius 1 is 1.07 bits per heavy atom. The molecule has 0 atom stereocenters. The molecule has 0 fully saturated rings. The van der Waals surface area contributed by atoms with E-state index in [9.17, 15) is 13.2 Å². The summed E-state index contributed by atoms with van der Waals surface area (Å²) < 4.78 is 35.8. The third-order valence-electron chi connectivity index (χ3n) is 3.83. The summed E-state index contributed by atoms with van der Waals surface area (Å²) in [5, 5.41) is 2.72. The summed E-state index contributed by atoms with van der Waals surface area (Å²) in [7, 11) is -1.76. The Bertz CT molecular complexity index is 954. The van der Waals surface area contributed by atoms with Gasteiger partial charge in [0.1, 0.15) is 0 Å². The van der Waals surface area contributed by atoms with Crippen LogP contribution in [0.3, 0.4) is 0 Å². The highest BCUT2D eigenvalue weighted by Gasteiger charge is 2.06. The minimum atomic E-state index is -3.34. The molecule has 0 aliphatic rings. The first-order valence-electron chi connectivity index (χ1n) is 9.18. The van der Waals surface area contributed by atoms with Gasteiger partial charge >= 0.3 is 0 Å². The molecular formula is C21H26N2O5S. The van der Waals surface area contributed by atoms with Crippen molar-refractivity contribution in [2.24, 2.45) is 0 Å². The molecule has 2 N–H and O–H groups in total. The second kappa shape index (κ2) is 10.5. The van der Waals surface area contributed by atoms with Crippen molar-refractivity contribution in [2.75, 3.05) is 30.0 Å². The van der Waals surface area contributed by atoms with Crippen molar-refractivity contribution in [3.05, 3.63) is 54.1 Å². The standard InChI is InChI=1S/C21H26N2O5S/c1-4-5-14-28-19-12-6-16(15-20(19)27-2)7-13-21(24)22-17-8-10-18(11-9-17)23-29(3,25)26/h6-13,15,23H,4-5,14H2,1-3H3,(H,22,24). The van der Waals surface area contributed by atoms with Gasteiger partial charge in [0.05, 0.1) is 20.0 Å². The van der Waals surface area contributed by atoms with Crippen LogP contribution in [0.5, 0.6) is 11.5 Å². The number of unbranched alkanes of at least 4 members (excludes halogenated alkanes) is 1. The monoisotopic (exact) mass is 418 g/mol. The zero-order chi connectivity index (χ0) is 21.3. The van der Waals surface area contributed by atoms with Gasteiger partial charge in [-0.2, -0.15) is 0 Å². The number of rotatable bonds is 10. The van der Waals surface area contributed by atoms with Crippen molar-refractivity contribution in [3.63, 3.8) is 0 Å². The van der Waals surface area contributed by atoms with Crippen molar-refractivity contribution in [3.8, 4) is 11.5 Å². The van der Waals surface area contributed by atoms with Gasteiger partial charge in [-0.05, 0) is 54.5 Å². The van der Waals surface area contributed by atoms with Crippen molar-refractivity contribution < 1.29 is 22.7 Å². The molecule has 2 aromatic rings. The van der Waals surface area contributed by atoms with Crippen LogP contribution in [-0.2, 0) is 14.8 Å². The van der Waals surface area contributed by atoms with Crippen LogP contribution in [0.4, 0.5) is 11.4 Å². The molecule has 0 bridgehead atoms. The summed E-state index contributed by atoms with van der Waals surface area (Å²) in [6, 6.07) is 11.8. The quantitative estimate of drug-likeness (QED) is 0.451. The minimum Gasteiger partial charge on any atom is -0.493 e. The van der Waals surface area contributed by atoms with Crippen molar-refractivity contribution in [1.82, 2.24) is 0 Å². The predicted octanol–water partition coefficient (Wildman–Crippen LogP) is 3.90. The van der Waals surface area contributed by atoms with E-state index in [1.54, 1.807) is 43.5 Å². The van der Waals surface area contributed by atoms with Gasteiger partial charge in [0.2, 0.25) is 15.9 Å². The molecule has 8 heteroatoms. The smallest absolute Gasteiger partial charge is 0.248 e. The van der Waals surface area contributed by atoms with E-state index in [0.717, 1.165) is 24.7 Å². The molecule has 0 saturated heterocycles. The highest BCUT2D eigenvalue weighted by atomic mass is 32.2. The minimum absolute atomic E-state index is 0.309. The summed E-state index contributed by atoms with van der Waals surface area (Å²) in [6.07, 6.45) is 6.18. The topological polar surface area (TPSA) is 93.7 Å². The van der Waals surface area contributed by atoms with E-state index < -0.39 is 10.0 Å². The largest absolute Gasteiger partial charge is 0.493 e. The van der Waals surface area contributed by atoms with Crippen LogP contribution in [-0.4, -0.2) is 34.3 Å². The first-order valence-corrected chi connectivity index (χ1v) is 11.1. The molecule has 2 rings (SSSR count). The first-order chi connectivity index (χ1) is 13.8. The molecule has 0 radical (unpaired) electrons. The molecule has 29 heavy (non-hydrogen) atoms. The zero-order valence-corrected chi connectivity index (χ0v) is 17.6. The van der Waals surface area contributed by atoms with Gasteiger partial charge in [-0.1, -0.05) is 19.4 Å². The number of nitrogens with one attached hydrogen (secondary N) is 2. The molecule has 0 aliphatic carbocycles. The molecule has 2 aromatic carbocycles. The second-order valence-electron chi connectivity index (χ2n) is 6.39. The molecule has 7 nitrogen and oxygen atoms in total. The lowest BCUT2D eigenvalue weighted by molar-refractivity contribution is -0.111. The fourth-order valence-electron chi connectivity index (χ4n) is 2.43. The van der Waals surface area contributed by atoms with Crippen LogP contribution < -0.4 is 19.5 Å². The second-order valence-corrected chi connectivity index (χ2v) is 8.13. The van der Waals surface area contributed by atoms with Crippen LogP contribution >= 0.6 is 0 Å². The number of benzene rings is 2. The fourth-order valence-corrected chi connectivity index (χ4v) is 2.99. The van der Waals surface area contributed by atoms with Gasteiger partial charge in [0, 0.05) is 17.5 Å². The van der Waals surface area contributed by atoms with E-state index in [1.165, 1.54) is 6.08 Å². The molecule has 0 aliphatic heterocycles. The van der Waals surface area contributed by atoms with Gasteiger partial charge in [-0.3, -0.25) is 9.52 Å². The molecule has 156 valence electrons. The van der Waals surface area contributed by atoms with Crippen LogP contribution in [0.2, 0.25) is 0 Å². The van der Waals surface area contributed by atoms with Crippen LogP contribution in [0, 0.1) is 0 Å². The predicted molar refractivity (Wildman–Crippen MR) is 116 cm³/mol. The third kappa shape index (κ3) is 7.87. The molecule has 0 unspecified atom stereocenters. The summed E-state index contributed by atoms with van der Waals surface area (Å²) in [4.78, 5) is 12.1. The van der Waals surface area contributed by atoms with E-state index in [2.05, 4.69) is 17.0 Å². The van der Waals surface area contributed by atoms with E-state index >= 15 is 0 Å². The summed E-state index contributed by atoms with van der Waals surface area (Å²) in [6.45, 7) is 2.73.